The smallest absolute Gasteiger partial charge is 0.416 e. The second-order valence-corrected chi connectivity index (χ2v) is 8.88. The molecule has 0 radical (unpaired) electrons. The number of aliphatic carboxylic acids is 2. The van der Waals surface area contributed by atoms with Gasteiger partial charge < -0.3 is 30.8 Å². The van der Waals surface area contributed by atoms with E-state index in [1.54, 1.807) is 13.8 Å². The zero-order chi connectivity index (χ0) is 27.0. The molecule has 1 aliphatic rings. The van der Waals surface area contributed by atoms with Crippen LogP contribution in [0.2, 0.25) is 0 Å². The van der Waals surface area contributed by atoms with Gasteiger partial charge in [-0.15, -0.1) is 0 Å². The Kier molecular flexibility index (Phi) is 11.5. The fraction of sp³-hybridized carbons (Fsp3) is 0.636. The van der Waals surface area contributed by atoms with Crippen LogP contribution in [0.5, 0.6) is 0 Å². The van der Waals surface area contributed by atoms with Crippen LogP contribution < -0.4 is 5.32 Å². The first-order valence-electron chi connectivity index (χ1n) is 10.9. The zero-order valence-electron chi connectivity index (χ0n) is 19.4. The van der Waals surface area contributed by atoms with Crippen LogP contribution in [-0.4, -0.2) is 85.9 Å². The van der Waals surface area contributed by atoms with E-state index in [2.05, 4.69) is 5.32 Å². The molecule has 1 fully saturated rings. The zero-order valence-corrected chi connectivity index (χ0v) is 19.4. The predicted octanol–water partition coefficient (Wildman–Crippen LogP) is 1.44. The molecule has 0 unspecified atom stereocenters. The molecule has 13 heteroatoms. The normalized spacial score (nSPS) is 16.9. The van der Waals surface area contributed by atoms with Gasteiger partial charge in [-0.1, -0.05) is 6.07 Å². The van der Waals surface area contributed by atoms with Crippen molar-refractivity contribution >= 4 is 11.9 Å². The topological polar surface area (TPSA) is 151 Å². The number of nitrogens with one attached hydrogen (secondary N) is 1. The third kappa shape index (κ3) is 10.9. The minimum atomic E-state index is -4.59. The van der Waals surface area contributed by atoms with Gasteiger partial charge in [-0.25, -0.2) is 14.0 Å². The van der Waals surface area contributed by atoms with E-state index in [1.807, 2.05) is 4.90 Å². The van der Waals surface area contributed by atoms with Crippen molar-refractivity contribution in [3.63, 3.8) is 0 Å². The number of piperidine rings is 1. The highest BCUT2D eigenvalue weighted by Gasteiger charge is 2.35. The van der Waals surface area contributed by atoms with Gasteiger partial charge in [0.15, 0.2) is 12.2 Å². The maximum atomic E-state index is 13.3. The van der Waals surface area contributed by atoms with Crippen LogP contribution in [0.25, 0.3) is 0 Å². The monoisotopic (exact) mass is 512 g/mol. The summed E-state index contributed by atoms with van der Waals surface area (Å²) >= 11 is 0. The highest BCUT2D eigenvalue weighted by molar-refractivity contribution is 5.83. The Bertz CT molecular complexity index is 822. The lowest BCUT2D eigenvalue weighted by atomic mass is 9.99. The summed E-state index contributed by atoms with van der Waals surface area (Å²) in [6.07, 6.45) is -6.98. The first-order chi connectivity index (χ1) is 16.0. The molecule has 35 heavy (non-hydrogen) atoms. The van der Waals surface area contributed by atoms with Gasteiger partial charge in [0.2, 0.25) is 0 Å². The van der Waals surface area contributed by atoms with Crippen LogP contribution in [0.15, 0.2) is 18.2 Å². The largest absolute Gasteiger partial charge is 0.479 e. The predicted molar refractivity (Wildman–Crippen MR) is 116 cm³/mol. The van der Waals surface area contributed by atoms with Gasteiger partial charge in [0.25, 0.3) is 0 Å². The van der Waals surface area contributed by atoms with Crippen molar-refractivity contribution in [3.8, 4) is 0 Å². The Morgan fingerprint density at radius 2 is 1.60 bits per heavy atom. The van der Waals surface area contributed by atoms with E-state index < -0.39 is 47.3 Å². The average Bonchev–Trinajstić information content (AvgIpc) is 2.76. The highest BCUT2D eigenvalue weighted by Crippen LogP contribution is 2.33. The van der Waals surface area contributed by atoms with Gasteiger partial charge in [0.05, 0.1) is 11.2 Å². The van der Waals surface area contributed by atoms with Gasteiger partial charge in [-0.2, -0.15) is 13.2 Å². The Hall–Kier alpha value is -2.32. The third-order valence-electron chi connectivity index (χ3n) is 5.39. The first kappa shape index (κ1) is 30.7. The number of carbonyl (C=O) groups is 2. The highest BCUT2D eigenvalue weighted by atomic mass is 19.4. The summed E-state index contributed by atoms with van der Waals surface area (Å²) in [6, 6.07) is 3.00. The number of hydrogen-bond donors (Lipinski definition) is 6. The summed E-state index contributed by atoms with van der Waals surface area (Å²) in [5, 5.41) is 45.8. The number of aliphatic hydroxyl groups is 3. The fourth-order valence-corrected chi connectivity index (χ4v) is 3.42. The average molecular weight is 512 g/mol. The number of rotatable bonds is 9. The van der Waals surface area contributed by atoms with E-state index in [1.165, 1.54) is 6.07 Å². The number of carboxylic acid groups (broad SMARTS) is 2. The van der Waals surface area contributed by atoms with Crippen molar-refractivity contribution in [1.29, 1.82) is 0 Å². The van der Waals surface area contributed by atoms with Crippen molar-refractivity contribution in [2.24, 2.45) is 0 Å². The lowest BCUT2D eigenvalue weighted by molar-refractivity contribution is -0.165. The molecule has 0 amide bonds. The molecule has 0 aliphatic carbocycles. The maximum Gasteiger partial charge on any atom is 0.416 e. The number of halogens is 4. The molecule has 9 nitrogen and oxygen atoms in total. The van der Waals surface area contributed by atoms with Crippen molar-refractivity contribution in [2.75, 3.05) is 19.6 Å². The summed E-state index contributed by atoms with van der Waals surface area (Å²) in [4.78, 5) is 21.5. The minimum absolute atomic E-state index is 0.0724. The molecule has 1 aromatic carbocycles. The van der Waals surface area contributed by atoms with Gasteiger partial charge in [-0.3, -0.25) is 4.90 Å². The van der Waals surface area contributed by atoms with Crippen LogP contribution in [0.3, 0.4) is 0 Å². The molecule has 0 spiro atoms. The fourth-order valence-electron chi connectivity index (χ4n) is 3.42. The molecule has 6 N–H and O–H groups in total. The summed E-state index contributed by atoms with van der Waals surface area (Å²) in [6.45, 7) is 5.59. The van der Waals surface area contributed by atoms with Crippen LogP contribution in [0, 0.1) is 5.82 Å². The van der Waals surface area contributed by atoms with Crippen LogP contribution in [0.4, 0.5) is 17.6 Å². The van der Waals surface area contributed by atoms with Crippen molar-refractivity contribution < 1.29 is 52.7 Å². The minimum Gasteiger partial charge on any atom is -0.479 e. The van der Waals surface area contributed by atoms with Crippen LogP contribution in [-0.2, 0) is 22.3 Å². The molecular weight excluding hydrogens is 480 g/mol. The van der Waals surface area contributed by atoms with Crippen LogP contribution >= 0.6 is 0 Å². The third-order valence-corrected chi connectivity index (χ3v) is 5.39. The SMILES string of the molecule is CC(C)(O)CCN(Cc1ccc(F)cc1C(F)(F)F)C1CCNCC1.O=C(O)[C@H](O)[C@@H](O)C(=O)O. The Morgan fingerprint density at radius 3 is 2.03 bits per heavy atom. The summed E-state index contributed by atoms with van der Waals surface area (Å²) in [5.74, 6) is -4.43. The Balaban J connectivity index is 0.000000518. The van der Waals surface area contributed by atoms with Crippen LogP contribution in [0.1, 0.15) is 44.2 Å². The van der Waals surface area contributed by atoms with Gasteiger partial charge in [0, 0.05) is 19.1 Å². The number of nitrogens with zero attached hydrogens (tertiary/aromatic N) is 1. The molecule has 0 saturated carbocycles. The Labute approximate surface area is 200 Å². The summed E-state index contributed by atoms with van der Waals surface area (Å²) < 4.78 is 53.1. The van der Waals surface area contributed by atoms with E-state index in [-0.39, 0.29) is 18.2 Å². The van der Waals surface area contributed by atoms with Crippen molar-refractivity contribution in [2.45, 2.75) is 69.7 Å². The number of carboxylic acids is 2. The van der Waals surface area contributed by atoms with E-state index in [0.717, 1.165) is 32.0 Å². The number of alkyl halides is 3. The molecule has 1 heterocycles. The Morgan fingerprint density at radius 1 is 1.09 bits per heavy atom. The molecular formula is C22H32F4N2O7. The molecule has 2 rings (SSSR count). The lowest BCUT2D eigenvalue weighted by Crippen LogP contribution is -2.44. The molecule has 1 saturated heterocycles. The number of hydrogen-bond acceptors (Lipinski definition) is 7. The summed E-state index contributed by atoms with van der Waals surface area (Å²) in [7, 11) is 0. The van der Waals surface area contributed by atoms with Crippen molar-refractivity contribution in [3.05, 3.63) is 35.1 Å². The number of benzene rings is 1. The maximum absolute atomic E-state index is 13.3. The van der Waals surface area contributed by atoms with E-state index in [0.29, 0.717) is 19.0 Å². The molecule has 200 valence electrons. The lowest BCUT2D eigenvalue weighted by Gasteiger charge is -2.36. The van der Waals surface area contributed by atoms with Gasteiger partial charge in [0.1, 0.15) is 5.82 Å². The van der Waals surface area contributed by atoms with Gasteiger partial charge >= 0.3 is 18.1 Å². The molecule has 0 bridgehead atoms. The molecule has 0 aromatic heterocycles. The molecule has 1 aromatic rings. The van der Waals surface area contributed by atoms with Gasteiger partial charge in [-0.05, 0) is 63.9 Å². The van der Waals surface area contributed by atoms with Crippen molar-refractivity contribution in [1.82, 2.24) is 10.2 Å². The summed E-state index contributed by atoms with van der Waals surface area (Å²) in [5.41, 5.74) is -1.74. The second kappa shape index (κ2) is 13.1. The standard InChI is InChI=1S/C18H26F4N2O.C4H6O6/c1-17(2,25)7-10-24(15-5-8-23-9-6-15)12-13-3-4-14(19)11-16(13)18(20,21)22;5-1(3(7)8)2(6)4(9)10/h3-4,11,15,23,25H,5-10,12H2,1-2H3;1-2,5-6H,(H,7,8)(H,9,10)/t;1-,2-/m.1/s1. The second-order valence-electron chi connectivity index (χ2n) is 8.88. The number of aliphatic hydroxyl groups excluding tert-OH is 2. The first-order valence-corrected chi connectivity index (χ1v) is 10.9. The quantitative estimate of drug-likeness (QED) is 0.270. The van der Waals surface area contributed by atoms with E-state index in [9.17, 15) is 32.3 Å². The molecule has 1 aliphatic heterocycles. The van der Waals surface area contributed by atoms with E-state index >= 15 is 0 Å². The van der Waals surface area contributed by atoms with E-state index in [4.69, 9.17) is 20.4 Å². The molecule has 2 atom stereocenters.